The molecule has 0 atom stereocenters. The smallest absolute Gasteiger partial charge is 0.311 e. The molecule has 0 unspecified atom stereocenters. The Bertz CT molecular complexity index is 578. The fraction of sp³-hybridized carbons (Fsp3) is 0. The molecule has 3 aromatic heterocycles. The molecule has 0 amide bonds. The molecule has 0 saturated heterocycles. The van der Waals surface area contributed by atoms with Crippen molar-refractivity contribution in [2.45, 2.75) is 0 Å². The molecule has 0 aliphatic heterocycles. The van der Waals surface area contributed by atoms with Crippen LogP contribution in [0, 0.1) is 0 Å². The Labute approximate surface area is 66.3 Å². The van der Waals surface area contributed by atoms with Crippen molar-refractivity contribution in [1.82, 2.24) is 9.79 Å². The lowest BCUT2D eigenvalue weighted by Crippen LogP contribution is -2.20. The number of hydrogen-bond acceptors (Lipinski definition) is 3. The Hall–Kier alpha value is -1.84. The van der Waals surface area contributed by atoms with Crippen molar-refractivity contribution >= 4 is 16.5 Å². The summed E-state index contributed by atoms with van der Waals surface area (Å²) in [6.45, 7) is 0. The predicted molar refractivity (Wildman–Crippen MR) is 42.4 cm³/mol. The normalized spacial score (nSPS) is 11.7. The molecule has 0 fully saturated rings. The van der Waals surface area contributed by atoms with Crippen LogP contribution >= 0.6 is 0 Å². The maximum absolute atomic E-state index is 11.3. The summed E-state index contributed by atoms with van der Waals surface area (Å²) in [5.41, 5.74) is 0.339. The van der Waals surface area contributed by atoms with Gasteiger partial charge in [0.15, 0.2) is 0 Å². The standard InChI is InChI=1S/C8H4N2O2/c11-8-6-4-2-1-3-5(6)7-9-10(8)12-7/h1-4H. The van der Waals surface area contributed by atoms with E-state index in [0.29, 0.717) is 11.1 Å². The van der Waals surface area contributed by atoms with E-state index < -0.39 is 0 Å². The first-order valence-corrected chi connectivity index (χ1v) is 3.57. The van der Waals surface area contributed by atoms with E-state index in [0.717, 1.165) is 10.1 Å². The Morgan fingerprint density at radius 3 is 2.58 bits per heavy atom. The average Bonchev–Trinajstić information content (AvgIpc) is 2.02. The third-order valence-electron chi connectivity index (χ3n) is 1.92. The molecule has 0 N–H and O–H groups in total. The van der Waals surface area contributed by atoms with E-state index in [1.165, 1.54) is 0 Å². The SMILES string of the molecule is O=c1c2ccccc2c2nn1o2. The first-order chi connectivity index (χ1) is 5.86. The second-order valence-corrected chi connectivity index (χ2v) is 2.62. The first kappa shape index (κ1) is 5.77. The summed E-state index contributed by atoms with van der Waals surface area (Å²) in [7, 11) is 0. The maximum Gasteiger partial charge on any atom is 0.311 e. The van der Waals surface area contributed by atoms with Gasteiger partial charge >= 0.3 is 5.56 Å². The quantitative estimate of drug-likeness (QED) is 0.490. The van der Waals surface area contributed by atoms with Crippen molar-refractivity contribution in [1.29, 1.82) is 0 Å². The highest BCUT2D eigenvalue weighted by Crippen LogP contribution is 2.15. The van der Waals surface area contributed by atoms with Crippen LogP contribution in [-0.4, -0.2) is 9.79 Å². The van der Waals surface area contributed by atoms with Gasteiger partial charge in [0.25, 0.3) is 5.71 Å². The molecule has 58 valence electrons. The molecule has 2 bridgehead atoms. The van der Waals surface area contributed by atoms with Crippen LogP contribution in [-0.2, 0) is 0 Å². The van der Waals surface area contributed by atoms with Crippen LogP contribution < -0.4 is 5.56 Å². The topological polar surface area (TPSA) is 47.5 Å². The minimum atomic E-state index is -0.194. The predicted octanol–water partition coefficient (Wildman–Crippen LogP) is 0.878. The summed E-state index contributed by atoms with van der Waals surface area (Å²) in [6, 6.07) is 7.26. The summed E-state index contributed by atoms with van der Waals surface area (Å²) in [4.78, 5) is 11.3. The Morgan fingerprint density at radius 1 is 1.25 bits per heavy atom. The summed E-state index contributed by atoms with van der Waals surface area (Å²) < 4.78 is 5.95. The van der Waals surface area contributed by atoms with Gasteiger partial charge in [-0.2, -0.15) is 0 Å². The molecule has 0 aliphatic carbocycles. The maximum atomic E-state index is 11.3. The molecule has 4 heteroatoms. The molecule has 3 heterocycles. The molecule has 1 aromatic carbocycles. The minimum Gasteiger partial charge on any atom is -0.331 e. The second kappa shape index (κ2) is 1.66. The monoisotopic (exact) mass is 160 g/mol. The van der Waals surface area contributed by atoms with Crippen molar-refractivity contribution in [3.8, 4) is 0 Å². The van der Waals surface area contributed by atoms with Crippen LogP contribution in [0.4, 0.5) is 0 Å². The highest BCUT2D eigenvalue weighted by Gasteiger charge is 2.11. The van der Waals surface area contributed by atoms with Gasteiger partial charge in [-0.15, -0.1) is 0 Å². The van der Waals surface area contributed by atoms with Gasteiger partial charge in [-0.1, -0.05) is 17.2 Å². The Balaban J connectivity index is 2.76. The van der Waals surface area contributed by atoms with Crippen LogP contribution in [0.3, 0.4) is 0 Å². The van der Waals surface area contributed by atoms with Gasteiger partial charge in [-0.3, -0.25) is 4.79 Å². The van der Waals surface area contributed by atoms with Crippen molar-refractivity contribution < 1.29 is 4.52 Å². The van der Waals surface area contributed by atoms with Gasteiger partial charge in [0.1, 0.15) is 0 Å². The lowest BCUT2D eigenvalue weighted by atomic mass is 10.2. The molecule has 0 radical (unpaired) electrons. The zero-order valence-electron chi connectivity index (χ0n) is 6.02. The van der Waals surface area contributed by atoms with Crippen LogP contribution in [0.1, 0.15) is 0 Å². The van der Waals surface area contributed by atoms with E-state index in [1.54, 1.807) is 6.07 Å². The van der Waals surface area contributed by atoms with Gasteiger partial charge in [0, 0.05) is 0 Å². The largest absolute Gasteiger partial charge is 0.331 e. The van der Waals surface area contributed by atoms with Gasteiger partial charge in [-0.05, 0) is 16.8 Å². The zero-order valence-corrected chi connectivity index (χ0v) is 6.02. The summed E-state index contributed by atoms with van der Waals surface area (Å²) in [6.07, 6.45) is 0. The second-order valence-electron chi connectivity index (χ2n) is 2.62. The lowest BCUT2D eigenvalue weighted by molar-refractivity contribution is 0.267. The number of nitrogens with zero attached hydrogens (tertiary/aromatic N) is 2. The number of hydrogen-bond donors (Lipinski definition) is 0. The molecule has 0 aliphatic rings. The number of benzene rings is 1. The fourth-order valence-electron chi connectivity index (χ4n) is 1.32. The molecule has 0 spiro atoms. The fourth-order valence-corrected chi connectivity index (χ4v) is 1.32. The molecule has 0 saturated carbocycles. The molecule has 4 nitrogen and oxygen atoms in total. The first-order valence-electron chi connectivity index (χ1n) is 3.57. The van der Waals surface area contributed by atoms with Gasteiger partial charge < -0.3 is 4.52 Å². The van der Waals surface area contributed by atoms with E-state index in [1.807, 2.05) is 18.2 Å². The number of rotatable bonds is 0. The van der Waals surface area contributed by atoms with Crippen molar-refractivity contribution in [3.63, 3.8) is 0 Å². The zero-order chi connectivity index (χ0) is 8.13. The third kappa shape index (κ3) is 0.492. The van der Waals surface area contributed by atoms with Crippen LogP contribution in [0.15, 0.2) is 33.6 Å². The molecule has 12 heavy (non-hydrogen) atoms. The van der Waals surface area contributed by atoms with E-state index in [-0.39, 0.29) is 5.56 Å². The molecular formula is C8H4N2O2. The summed E-state index contributed by atoms with van der Waals surface area (Å²) in [5.74, 6) is 0. The average molecular weight is 160 g/mol. The number of aromatic nitrogens is 2. The lowest BCUT2D eigenvalue weighted by Gasteiger charge is -2.03. The van der Waals surface area contributed by atoms with Crippen LogP contribution in [0.2, 0.25) is 0 Å². The highest BCUT2D eigenvalue weighted by molar-refractivity contribution is 5.91. The van der Waals surface area contributed by atoms with Gasteiger partial charge in [-0.25, -0.2) is 0 Å². The Morgan fingerprint density at radius 2 is 1.92 bits per heavy atom. The van der Waals surface area contributed by atoms with E-state index in [9.17, 15) is 4.79 Å². The van der Waals surface area contributed by atoms with Crippen molar-refractivity contribution in [3.05, 3.63) is 34.6 Å². The summed E-state index contributed by atoms with van der Waals surface area (Å²) in [5, 5.41) is 5.27. The third-order valence-corrected chi connectivity index (χ3v) is 1.92. The van der Waals surface area contributed by atoms with Crippen LogP contribution in [0.25, 0.3) is 16.5 Å². The van der Waals surface area contributed by atoms with Crippen molar-refractivity contribution in [2.75, 3.05) is 0 Å². The Kier molecular flexibility index (Phi) is 0.798. The molecular weight excluding hydrogens is 156 g/mol. The molecule has 4 aromatic rings. The molecule has 4 rings (SSSR count). The highest BCUT2D eigenvalue weighted by atomic mass is 16.5. The van der Waals surface area contributed by atoms with E-state index >= 15 is 0 Å². The van der Waals surface area contributed by atoms with E-state index in [2.05, 4.69) is 5.10 Å². The van der Waals surface area contributed by atoms with Gasteiger partial charge in [0.2, 0.25) is 0 Å². The minimum absolute atomic E-state index is 0.194. The van der Waals surface area contributed by atoms with E-state index in [4.69, 9.17) is 4.52 Å². The van der Waals surface area contributed by atoms with Gasteiger partial charge in [0.05, 0.1) is 10.8 Å². The van der Waals surface area contributed by atoms with Crippen molar-refractivity contribution in [2.24, 2.45) is 0 Å². The summed E-state index contributed by atoms with van der Waals surface area (Å²) >= 11 is 0. The van der Waals surface area contributed by atoms with Crippen LogP contribution in [0.5, 0.6) is 0 Å².